The standard InChI is InChI=1S/C13H18N2O/c1-2-15(10-12-6-4-8-16-12)13-7-3-5-11(13)9-14/h4,6,8,11,13H,2-3,5,7,10H2,1H3. The number of nitriles is 1. The Morgan fingerprint density at radius 1 is 1.56 bits per heavy atom. The molecule has 2 rings (SSSR count). The van der Waals surface area contributed by atoms with E-state index >= 15 is 0 Å². The summed E-state index contributed by atoms with van der Waals surface area (Å²) in [4.78, 5) is 2.36. The first-order valence-electron chi connectivity index (χ1n) is 6.01. The van der Waals surface area contributed by atoms with Crippen molar-refractivity contribution < 1.29 is 4.42 Å². The second kappa shape index (κ2) is 5.18. The minimum absolute atomic E-state index is 0.204. The van der Waals surface area contributed by atoms with Crippen LogP contribution in [0.15, 0.2) is 22.8 Å². The van der Waals surface area contributed by atoms with Gasteiger partial charge in [0.2, 0.25) is 0 Å². The van der Waals surface area contributed by atoms with Gasteiger partial charge < -0.3 is 4.42 Å². The lowest BCUT2D eigenvalue weighted by Gasteiger charge is -2.28. The Balaban J connectivity index is 2.02. The predicted octanol–water partition coefficient (Wildman–Crippen LogP) is 2.79. The van der Waals surface area contributed by atoms with E-state index in [9.17, 15) is 0 Å². The van der Waals surface area contributed by atoms with Crippen LogP contribution in [0.3, 0.4) is 0 Å². The third kappa shape index (κ3) is 2.28. The molecule has 1 heterocycles. The molecule has 1 aromatic heterocycles. The molecule has 0 saturated heterocycles. The molecule has 1 aliphatic rings. The highest BCUT2D eigenvalue weighted by Gasteiger charge is 2.31. The van der Waals surface area contributed by atoms with Crippen LogP contribution in [0.5, 0.6) is 0 Å². The summed E-state index contributed by atoms with van der Waals surface area (Å²) in [6.45, 7) is 3.95. The lowest BCUT2D eigenvalue weighted by Crippen LogP contribution is -2.36. The van der Waals surface area contributed by atoms with Gasteiger partial charge in [-0.2, -0.15) is 5.26 Å². The molecule has 1 aliphatic carbocycles. The number of hydrogen-bond acceptors (Lipinski definition) is 3. The number of furan rings is 1. The zero-order chi connectivity index (χ0) is 11.4. The van der Waals surface area contributed by atoms with E-state index in [-0.39, 0.29) is 5.92 Å². The highest BCUT2D eigenvalue weighted by atomic mass is 16.3. The van der Waals surface area contributed by atoms with E-state index in [1.807, 2.05) is 12.1 Å². The van der Waals surface area contributed by atoms with Crippen molar-refractivity contribution in [3.8, 4) is 6.07 Å². The number of hydrogen-bond donors (Lipinski definition) is 0. The van der Waals surface area contributed by atoms with Crippen LogP contribution in [-0.4, -0.2) is 17.5 Å². The zero-order valence-electron chi connectivity index (χ0n) is 9.72. The summed E-state index contributed by atoms with van der Waals surface area (Å²) in [6.07, 6.45) is 5.08. The Morgan fingerprint density at radius 3 is 3.06 bits per heavy atom. The molecule has 1 saturated carbocycles. The van der Waals surface area contributed by atoms with E-state index in [0.717, 1.165) is 31.7 Å². The zero-order valence-corrected chi connectivity index (χ0v) is 9.72. The van der Waals surface area contributed by atoms with Crippen molar-refractivity contribution in [2.75, 3.05) is 6.54 Å². The lowest BCUT2D eigenvalue weighted by atomic mass is 10.0. The Labute approximate surface area is 96.7 Å². The van der Waals surface area contributed by atoms with Gasteiger partial charge in [-0.3, -0.25) is 4.90 Å². The third-order valence-corrected chi connectivity index (χ3v) is 3.46. The minimum Gasteiger partial charge on any atom is -0.468 e. The van der Waals surface area contributed by atoms with Crippen LogP contribution in [0.25, 0.3) is 0 Å². The Hall–Kier alpha value is -1.27. The first-order chi connectivity index (χ1) is 7.85. The fourth-order valence-corrected chi connectivity index (χ4v) is 2.59. The van der Waals surface area contributed by atoms with Crippen molar-refractivity contribution in [2.45, 2.75) is 38.8 Å². The van der Waals surface area contributed by atoms with Gasteiger partial charge in [0.05, 0.1) is 24.8 Å². The molecule has 1 aromatic rings. The molecule has 1 fully saturated rings. The van der Waals surface area contributed by atoms with E-state index in [4.69, 9.17) is 9.68 Å². The summed E-state index contributed by atoms with van der Waals surface area (Å²) < 4.78 is 5.37. The molecule has 2 unspecified atom stereocenters. The quantitative estimate of drug-likeness (QED) is 0.780. The lowest BCUT2D eigenvalue weighted by molar-refractivity contribution is 0.166. The fraction of sp³-hybridized carbons (Fsp3) is 0.615. The Morgan fingerprint density at radius 2 is 2.44 bits per heavy atom. The molecule has 3 nitrogen and oxygen atoms in total. The van der Waals surface area contributed by atoms with Crippen LogP contribution in [-0.2, 0) is 6.54 Å². The summed E-state index contributed by atoms with van der Waals surface area (Å²) >= 11 is 0. The molecule has 3 heteroatoms. The molecule has 2 atom stereocenters. The first-order valence-corrected chi connectivity index (χ1v) is 6.01. The van der Waals surface area contributed by atoms with Gasteiger partial charge in [0.15, 0.2) is 0 Å². The van der Waals surface area contributed by atoms with Crippen LogP contribution in [0, 0.1) is 17.2 Å². The highest BCUT2D eigenvalue weighted by Crippen LogP contribution is 2.30. The van der Waals surface area contributed by atoms with Gasteiger partial charge >= 0.3 is 0 Å². The van der Waals surface area contributed by atoms with Gasteiger partial charge in [0.25, 0.3) is 0 Å². The van der Waals surface area contributed by atoms with Gasteiger partial charge in [0, 0.05) is 6.04 Å². The maximum Gasteiger partial charge on any atom is 0.117 e. The predicted molar refractivity (Wildman–Crippen MR) is 61.5 cm³/mol. The van der Waals surface area contributed by atoms with E-state index in [1.165, 1.54) is 6.42 Å². The monoisotopic (exact) mass is 218 g/mol. The number of rotatable bonds is 4. The highest BCUT2D eigenvalue weighted by molar-refractivity contribution is 5.02. The van der Waals surface area contributed by atoms with Gasteiger partial charge in [0.1, 0.15) is 5.76 Å². The molecule has 0 radical (unpaired) electrons. The van der Waals surface area contributed by atoms with Crippen molar-refractivity contribution in [3.63, 3.8) is 0 Å². The van der Waals surface area contributed by atoms with Crippen LogP contribution in [0.2, 0.25) is 0 Å². The van der Waals surface area contributed by atoms with Crippen LogP contribution in [0.4, 0.5) is 0 Å². The fourth-order valence-electron chi connectivity index (χ4n) is 2.59. The summed E-state index contributed by atoms with van der Waals surface area (Å²) in [5, 5.41) is 9.11. The Kier molecular flexibility index (Phi) is 3.63. The van der Waals surface area contributed by atoms with Crippen molar-refractivity contribution in [1.82, 2.24) is 4.90 Å². The number of nitrogens with zero attached hydrogens (tertiary/aromatic N) is 2. The average molecular weight is 218 g/mol. The molecule has 0 bridgehead atoms. The second-order valence-electron chi connectivity index (χ2n) is 4.38. The van der Waals surface area contributed by atoms with Gasteiger partial charge in [-0.25, -0.2) is 0 Å². The molecule has 0 amide bonds. The molecule has 16 heavy (non-hydrogen) atoms. The average Bonchev–Trinajstić information content (AvgIpc) is 2.96. The Bertz CT molecular complexity index is 353. The topological polar surface area (TPSA) is 40.2 Å². The van der Waals surface area contributed by atoms with Gasteiger partial charge in [-0.1, -0.05) is 13.3 Å². The van der Waals surface area contributed by atoms with Crippen molar-refractivity contribution >= 4 is 0 Å². The largest absolute Gasteiger partial charge is 0.468 e. The maximum atomic E-state index is 9.11. The maximum absolute atomic E-state index is 9.11. The second-order valence-corrected chi connectivity index (χ2v) is 4.38. The van der Waals surface area contributed by atoms with Crippen LogP contribution >= 0.6 is 0 Å². The van der Waals surface area contributed by atoms with Crippen LogP contribution < -0.4 is 0 Å². The summed E-state index contributed by atoms with van der Waals surface area (Å²) in [7, 11) is 0. The van der Waals surface area contributed by atoms with E-state index < -0.39 is 0 Å². The van der Waals surface area contributed by atoms with Crippen LogP contribution in [0.1, 0.15) is 31.9 Å². The molecular weight excluding hydrogens is 200 g/mol. The molecule has 0 spiro atoms. The summed E-state index contributed by atoms with van der Waals surface area (Å²) in [6, 6.07) is 6.77. The molecular formula is C13H18N2O. The van der Waals surface area contributed by atoms with Crippen molar-refractivity contribution in [2.24, 2.45) is 5.92 Å². The van der Waals surface area contributed by atoms with E-state index in [2.05, 4.69) is 17.9 Å². The first kappa shape index (κ1) is 11.2. The van der Waals surface area contributed by atoms with Crippen molar-refractivity contribution in [1.29, 1.82) is 5.26 Å². The SMILES string of the molecule is CCN(Cc1ccco1)C1CCCC1C#N. The molecule has 0 aliphatic heterocycles. The molecule has 0 N–H and O–H groups in total. The molecule has 86 valence electrons. The summed E-state index contributed by atoms with van der Waals surface area (Å²) in [5.74, 6) is 1.19. The van der Waals surface area contributed by atoms with E-state index in [0.29, 0.717) is 6.04 Å². The van der Waals surface area contributed by atoms with Crippen molar-refractivity contribution in [3.05, 3.63) is 24.2 Å². The van der Waals surface area contributed by atoms with E-state index in [1.54, 1.807) is 6.26 Å². The third-order valence-electron chi connectivity index (χ3n) is 3.46. The van der Waals surface area contributed by atoms with Gasteiger partial charge in [-0.15, -0.1) is 0 Å². The molecule has 0 aromatic carbocycles. The minimum atomic E-state index is 0.204. The summed E-state index contributed by atoms with van der Waals surface area (Å²) in [5.41, 5.74) is 0. The normalized spacial score (nSPS) is 24.8. The van der Waals surface area contributed by atoms with Gasteiger partial charge in [-0.05, 0) is 31.5 Å². The smallest absolute Gasteiger partial charge is 0.117 e.